The lowest BCUT2D eigenvalue weighted by Gasteiger charge is -2.25. The molecule has 0 fully saturated rings. The van der Waals surface area contributed by atoms with E-state index >= 15 is 0 Å². The van der Waals surface area contributed by atoms with E-state index in [0.29, 0.717) is 23.5 Å². The number of rotatable bonds is 14. The van der Waals surface area contributed by atoms with Crippen molar-refractivity contribution in [1.29, 1.82) is 0 Å². The molecule has 3 N–H and O–H groups in total. The van der Waals surface area contributed by atoms with Gasteiger partial charge >= 0.3 is 13.5 Å². The maximum absolute atomic E-state index is 14.2. The van der Waals surface area contributed by atoms with Gasteiger partial charge in [0.15, 0.2) is 11.5 Å². The first-order chi connectivity index (χ1) is 21.3. The van der Waals surface area contributed by atoms with Crippen molar-refractivity contribution in [1.82, 2.24) is 34.6 Å². The quantitative estimate of drug-likeness (QED) is 0.128. The third kappa shape index (κ3) is 8.62. The Morgan fingerprint density at radius 1 is 0.978 bits per heavy atom. The van der Waals surface area contributed by atoms with Crippen LogP contribution in [-0.2, 0) is 25.4 Å². The zero-order valence-electron chi connectivity index (χ0n) is 27.1. The summed E-state index contributed by atoms with van der Waals surface area (Å²) in [4.78, 5) is 34.5. The highest BCUT2D eigenvalue weighted by Gasteiger charge is 2.32. The van der Waals surface area contributed by atoms with Crippen LogP contribution >= 0.6 is 7.52 Å². The summed E-state index contributed by atoms with van der Waals surface area (Å²) in [5, 5.41) is 2.85. The van der Waals surface area contributed by atoms with Crippen molar-refractivity contribution >= 4 is 30.5 Å². The smallest absolute Gasteiger partial charge is 0.342 e. The van der Waals surface area contributed by atoms with E-state index in [0.717, 1.165) is 22.6 Å². The Kier molecular flexibility index (Phi) is 10.9. The summed E-state index contributed by atoms with van der Waals surface area (Å²) >= 11 is 0. The number of anilines is 1. The second kappa shape index (κ2) is 14.4. The minimum atomic E-state index is -3.80. The number of hydrogen-bond acceptors (Lipinski definition) is 11. The molecule has 0 aliphatic carbocycles. The molecule has 14 heteroatoms. The lowest BCUT2D eigenvalue weighted by Crippen LogP contribution is -2.37. The third-order valence-electron chi connectivity index (χ3n) is 6.86. The highest BCUT2D eigenvalue weighted by molar-refractivity contribution is 7.57. The Bertz CT molecular complexity index is 1660. The number of hydrogen-bond donors (Lipinski definition) is 2. The van der Waals surface area contributed by atoms with E-state index in [1.165, 1.54) is 6.33 Å². The molecule has 0 saturated carbocycles. The van der Waals surface area contributed by atoms with Crippen LogP contribution in [0, 0.1) is 0 Å². The molecule has 0 radical (unpaired) electrons. The molecule has 3 aromatic heterocycles. The minimum absolute atomic E-state index is 0.176. The van der Waals surface area contributed by atoms with Gasteiger partial charge in [-0.15, -0.1) is 0 Å². The first kappa shape index (κ1) is 34.0. The second-order valence-electron chi connectivity index (χ2n) is 11.9. The van der Waals surface area contributed by atoms with Gasteiger partial charge in [0, 0.05) is 17.7 Å². The molecule has 45 heavy (non-hydrogen) atoms. The highest BCUT2D eigenvalue weighted by Crippen LogP contribution is 2.44. The molecule has 3 heterocycles. The molecule has 1 unspecified atom stereocenters. The van der Waals surface area contributed by atoms with Crippen molar-refractivity contribution in [3.63, 3.8) is 0 Å². The molecule has 0 amide bonds. The first-order valence-electron chi connectivity index (χ1n) is 15.0. The van der Waals surface area contributed by atoms with Gasteiger partial charge in [-0.25, -0.2) is 30.0 Å². The lowest BCUT2D eigenvalue weighted by molar-refractivity contribution is -0.149. The van der Waals surface area contributed by atoms with E-state index in [4.69, 9.17) is 24.7 Å². The van der Waals surface area contributed by atoms with Gasteiger partial charge in [0.25, 0.3) is 0 Å². The van der Waals surface area contributed by atoms with Gasteiger partial charge < -0.3 is 24.3 Å². The molecule has 0 aliphatic rings. The van der Waals surface area contributed by atoms with Crippen LogP contribution < -0.4 is 15.3 Å². The molecular weight excluding hydrogens is 595 g/mol. The largest absolute Gasteiger partial charge is 0.462 e. The van der Waals surface area contributed by atoms with E-state index in [2.05, 4.69) is 52.7 Å². The van der Waals surface area contributed by atoms with E-state index < -0.39 is 25.6 Å². The van der Waals surface area contributed by atoms with Gasteiger partial charge in [0.1, 0.15) is 35.8 Å². The molecule has 0 aliphatic heterocycles. The summed E-state index contributed by atoms with van der Waals surface area (Å²) in [6.07, 6.45) is 3.77. The van der Waals surface area contributed by atoms with Gasteiger partial charge in [0.2, 0.25) is 0 Å². The van der Waals surface area contributed by atoms with Crippen LogP contribution in [0.25, 0.3) is 22.4 Å². The van der Waals surface area contributed by atoms with Gasteiger partial charge in [-0.3, -0.25) is 9.36 Å². The number of ether oxygens (including phenoxy) is 2. The Morgan fingerprint density at radius 3 is 2.33 bits per heavy atom. The van der Waals surface area contributed by atoms with Crippen LogP contribution in [0.5, 0.6) is 5.75 Å². The summed E-state index contributed by atoms with van der Waals surface area (Å²) in [5.41, 5.74) is 9.71. The molecule has 0 bridgehead atoms. The molecule has 242 valence electrons. The number of fused-ring (bicyclic) bond motifs is 1. The molecule has 13 nitrogen and oxygen atoms in total. The number of aromatic nitrogens is 6. The third-order valence-corrected chi connectivity index (χ3v) is 8.64. The molecule has 0 saturated heterocycles. The first-order valence-corrected chi connectivity index (χ1v) is 16.8. The number of nitrogen functional groups attached to an aromatic ring is 1. The number of carbonyl (C=O) groups excluding carboxylic acids is 1. The number of nitrogens with two attached hydrogens (primary N) is 1. The fraction of sp³-hybridized carbons (Fsp3) is 0.484. The van der Waals surface area contributed by atoms with Crippen LogP contribution in [0.2, 0.25) is 0 Å². The van der Waals surface area contributed by atoms with Crippen molar-refractivity contribution in [3.8, 4) is 17.0 Å². The average Bonchev–Trinajstić information content (AvgIpc) is 3.39. The highest BCUT2D eigenvalue weighted by atomic mass is 31.2. The zero-order chi connectivity index (χ0) is 32.9. The molecule has 3 atom stereocenters. The van der Waals surface area contributed by atoms with E-state index in [9.17, 15) is 9.36 Å². The second-order valence-corrected chi connectivity index (χ2v) is 13.9. The number of nitrogens with zero attached hydrogens (tertiary/aromatic N) is 6. The predicted molar refractivity (Wildman–Crippen MR) is 173 cm³/mol. The van der Waals surface area contributed by atoms with Gasteiger partial charge in [-0.05, 0) is 63.4 Å². The molecular formula is C31H43N8O5P. The van der Waals surface area contributed by atoms with Crippen LogP contribution in [0.1, 0.15) is 78.6 Å². The standard InChI is InChI=1S/C31H43N8O5P/c1-18(2)25-13-33-29(19(3)4)37-26(25)23-9-11-24(12-10-23)44-45(41,38-22(8)31(40)43-20(5)6)17-42-21(7)14-39-16-36-27-28(32)34-15-35-30(27)39/h9-13,15-16,18-22H,14,17H2,1-8H3,(H,38,41)(H2,32,34,35)/t21-,22+,45?/m1/s1. The number of esters is 1. The normalized spacial score (nSPS) is 14.6. The van der Waals surface area contributed by atoms with Crippen molar-refractivity contribution < 1.29 is 23.4 Å². The van der Waals surface area contributed by atoms with Crippen molar-refractivity contribution in [2.24, 2.45) is 0 Å². The summed E-state index contributed by atoms with van der Waals surface area (Å²) in [5.74, 6) is 1.23. The van der Waals surface area contributed by atoms with E-state index in [1.54, 1.807) is 43.8 Å². The van der Waals surface area contributed by atoms with Crippen LogP contribution in [0.3, 0.4) is 0 Å². The molecule has 0 spiro atoms. The number of carbonyl (C=O) groups is 1. The fourth-order valence-corrected chi connectivity index (χ4v) is 6.33. The number of nitrogens with one attached hydrogen (secondary N) is 1. The molecule has 4 aromatic rings. The van der Waals surface area contributed by atoms with E-state index in [-0.39, 0.29) is 30.1 Å². The van der Waals surface area contributed by atoms with Crippen LogP contribution in [0.15, 0.2) is 43.1 Å². The SMILES string of the molecule is CC(C)OC(=O)[C@H](C)NP(=O)(CO[C@H](C)Cn1cnc2c(N)ncnc21)Oc1ccc(-c2nc(C(C)C)ncc2C(C)C)cc1. The maximum atomic E-state index is 14.2. The Morgan fingerprint density at radius 2 is 1.69 bits per heavy atom. The Balaban J connectivity index is 1.54. The average molecular weight is 639 g/mol. The topological polar surface area (TPSA) is 169 Å². The lowest BCUT2D eigenvalue weighted by atomic mass is 9.98. The van der Waals surface area contributed by atoms with Gasteiger partial charge in [-0.1, -0.05) is 27.7 Å². The molecule has 4 rings (SSSR count). The fourth-order valence-electron chi connectivity index (χ4n) is 4.54. The maximum Gasteiger partial charge on any atom is 0.342 e. The summed E-state index contributed by atoms with van der Waals surface area (Å²) in [7, 11) is -3.80. The summed E-state index contributed by atoms with van der Waals surface area (Å²) in [6, 6.07) is 6.28. The van der Waals surface area contributed by atoms with Crippen molar-refractivity contribution in [2.45, 2.75) is 92.0 Å². The van der Waals surface area contributed by atoms with Crippen LogP contribution in [0.4, 0.5) is 5.82 Å². The van der Waals surface area contributed by atoms with Crippen LogP contribution in [-0.4, -0.2) is 60.1 Å². The summed E-state index contributed by atoms with van der Waals surface area (Å²) in [6.45, 7) is 15.5. The van der Waals surface area contributed by atoms with Gasteiger partial charge in [-0.2, -0.15) is 0 Å². The monoisotopic (exact) mass is 638 g/mol. The van der Waals surface area contributed by atoms with Crippen molar-refractivity contribution in [3.05, 3.63) is 54.5 Å². The number of imidazole rings is 1. The van der Waals surface area contributed by atoms with E-state index in [1.807, 2.05) is 25.3 Å². The Hall–Kier alpha value is -3.93. The zero-order valence-corrected chi connectivity index (χ0v) is 28.0. The predicted octanol–water partition coefficient (Wildman–Crippen LogP) is 5.68. The molecule has 1 aromatic carbocycles. The van der Waals surface area contributed by atoms with Gasteiger partial charge in [0.05, 0.1) is 30.8 Å². The minimum Gasteiger partial charge on any atom is -0.462 e. The number of benzene rings is 1. The Labute approximate surface area is 263 Å². The summed E-state index contributed by atoms with van der Waals surface area (Å²) < 4.78 is 33.4. The van der Waals surface area contributed by atoms with Crippen molar-refractivity contribution in [2.75, 3.05) is 12.1 Å².